The summed E-state index contributed by atoms with van der Waals surface area (Å²) in [5, 5.41) is 8.30. The standard InChI is InChI=1S/C8H7N3O/c1-12-8(11-6-9)7-2-4-10-5-3-7/h2-5H,1H3. The number of rotatable bonds is 1. The molecule has 0 bridgehead atoms. The minimum absolute atomic E-state index is 0.305. The van der Waals surface area contributed by atoms with Crippen molar-refractivity contribution in [2.75, 3.05) is 7.11 Å². The first-order valence-corrected chi connectivity index (χ1v) is 3.29. The van der Waals surface area contributed by atoms with Crippen LogP contribution >= 0.6 is 0 Å². The van der Waals surface area contributed by atoms with E-state index in [1.807, 2.05) is 0 Å². The van der Waals surface area contributed by atoms with Gasteiger partial charge in [0.15, 0.2) is 0 Å². The van der Waals surface area contributed by atoms with E-state index in [0.29, 0.717) is 5.90 Å². The van der Waals surface area contributed by atoms with Gasteiger partial charge in [0, 0.05) is 18.0 Å². The number of methoxy groups -OCH3 is 1. The van der Waals surface area contributed by atoms with Crippen LogP contribution in [0.4, 0.5) is 0 Å². The lowest BCUT2D eigenvalue weighted by Crippen LogP contribution is -2.02. The van der Waals surface area contributed by atoms with Crippen LogP contribution in [0, 0.1) is 11.5 Å². The molecule has 0 amide bonds. The molecule has 4 heteroatoms. The topological polar surface area (TPSA) is 58.3 Å². The van der Waals surface area contributed by atoms with Gasteiger partial charge in [-0.1, -0.05) is 0 Å². The fraction of sp³-hybridized carbons (Fsp3) is 0.125. The van der Waals surface area contributed by atoms with Gasteiger partial charge in [0.05, 0.1) is 7.11 Å². The van der Waals surface area contributed by atoms with Crippen molar-refractivity contribution in [2.24, 2.45) is 4.99 Å². The van der Waals surface area contributed by atoms with Gasteiger partial charge in [-0.05, 0) is 12.1 Å². The van der Waals surface area contributed by atoms with E-state index < -0.39 is 0 Å². The molecule has 12 heavy (non-hydrogen) atoms. The average Bonchev–Trinajstić information content (AvgIpc) is 2.15. The van der Waals surface area contributed by atoms with Crippen molar-refractivity contribution in [1.82, 2.24) is 4.98 Å². The zero-order valence-corrected chi connectivity index (χ0v) is 6.56. The maximum Gasteiger partial charge on any atom is 0.231 e. The predicted octanol–water partition coefficient (Wildman–Crippen LogP) is 0.956. The van der Waals surface area contributed by atoms with Crippen LogP contribution in [0.1, 0.15) is 5.56 Å². The average molecular weight is 161 g/mol. The molecule has 0 N–H and O–H groups in total. The second kappa shape index (κ2) is 4.09. The molecule has 0 aliphatic carbocycles. The third-order valence-electron chi connectivity index (χ3n) is 1.27. The number of aromatic nitrogens is 1. The molecule has 0 atom stereocenters. The summed E-state index contributed by atoms with van der Waals surface area (Å²) in [4.78, 5) is 7.31. The van der Waals surface area contributed by atoms with Crippen LogP contribution in [0.3, 0.4) is 0 Å². The van der Waals surface area contributed by atoms with E-state index in [-0.39, 0.29) is 0 Å². The second-order valence-electron chi connectivity index (χ2n) is 1.96. The van der Waals surface area contributed by atoms with Crippen LogP contribution in [0.5, 0.6) is 0 Å². The highest BCUT2D eigenvalue weighted by Crippen LogP contribution is 1.99. The van der Waals surface area contributed by atoms with Gasteiger partial charge < -0.3 is 4.74 Å². The highest BCUT2D eigenvalue weighted by atomic mass is 16.5. The number of nitriles is 1. The van der Waals surface area contributed by atoms with Crippen molar-refractivity contribution in [1.29, 1.82) is 5.26 Å². The second-order valence-corrected chi connectivity index (χ2v) is 1.96. The Morgan fingerprint density at radius 1 is 1.58 bits per heavy atom. The number of hydrogen-bond acceptors (Lipinski definition) is 4. The van der Waals surface area contributed by atoms with Gasteiger partial charge in [0.1, 0.15) is 0 Å². The summed E-state index contributed by atoms with van der Waals surface area (Å²) in [6, 6.07) is 3.44. The third-order valence-corrected chi connectivity index (χ3v) is 1.27. The SMILES string of the molecule is COC(=NC#N)c1ccncc1. The smallest absolute Gasteiger partial charge is 0.231 e. The lowest BCUT2D eigenvalue weighted by Gasteiger charge is -2.00. The summed E-state index contributed by atoms with van der Waals surface area (Å²) in [7, 11) is 1.47. The molecular weight excluding hydrogens is 154 g/mol. The Labute approximate surface area is 70.1 Å². The number of nitrogens with zero attached hydrogens (tertiary/aromatic N) is 3. The predicted molar refractivity (Wildman–Crippen MR) is 43.4 cm³/mol. The maximum atomic E-state index is 8.30. The van der Waals surface area contributed by atoms with E-state index in [1.54, 1.807) is 30.7 Å². The van der Waals surface area contributed by atoms with Crippen LogP contribution in [0.25, 0.3) is 0 Å². The van der Waals surface area contributed by atoms with Gasteiger partial charge in [0.25, 0.3) is 0 Å². The summed E-state index contributed by atoms with van der Waals surface area (Å²) >= 11 is 0. The summed E-state index contributed by atoms with van der Waals surface area (Å²) in [6.07, 6.45) is 4.88. The number of aliphatic imine (C=N–C) groups is 1. The zero-order chi connectivity index (χ0) is 8.81. The molecule has 1 aromatic rings. The van der Waals surface area contributed by atoms with E-state index in [1.165, 1.54) is 7.11 Å². The monoisotopic (exact) mass is 161 g/mol. The number of pyridine rings is 1. The van der Waals surface area contributed by atoms with Gasteiger partial charge >= 0.3 is 0 Å². The summed E-state index contributed by atoms with van der Waals surface area (Å²) in [5.74, 6) is 0.305. The summed E-state index contributed by atoms with van der Waals surface area (Å²) < 4.78 is 4.88. The fourth-order valence-electron chi connectivity index (χ4n) is 0.768. The molecule has 0 aliphatic heterocycles. The Morgan fingerprint density at radius 2 is 2.25 bits per heavy atom. The highest BCUT2D eigenvalue weighted by molar-refractivity contribution is 5.94. The van der Waals surface area contributed by atoms with Crippen LogP contribution in [-0.4, -0.2) is 18.0 Å². The minimum Gasteiger partial charge on any atom is -0.480 e. The van der Waals surface area contributed by atoms with Crippen molar-refractivity contribution >= 4 is 5.90 Å². The van der Waals surface area contributed by atoms with Gasteiger partial charge in [-0.25, -0.2) is 0 Å². The molecule has 0 fully saturated rings. The van der Waals surface area contributed by atoms with Gasteiger partial charge in [-0.2, -0.15) is 5.26 Å². The third kappa shape index (κ3) is 1.80. The van der Waals surface area contributed by atoms with E-state index in [9.17, 15) is 0 Å². The van der Waals surface area contributed by atoms with Crippen LogP contribution in [0.15, 0.2) is 29.5 Å². The van der Waals surface area contributed by atoms with Crippen LogP contribution in [0.2, 0.25) is 0 Å². The summed E-state index contributed by atoms with van der Waals surface area (Å²) in [6.45, 7) is 0. The largest absolute Gasteiger partial charge is 0.480 e. The Balaban J connectivity index is 2.98. The molecule has 1 heterocycles. The number of ether oxygens (including phenoxy) is 1. The van der Waals surface area contributed by atoms with Crippen molar-refractivity contribution in [3.63, 3.8) is 0 Å². The molecule has 0 saturated carbocycles. The summed E-state index contributed by atoms with van der Waals surface area (Å²) in [5.41, 5.74) is 0.744. The van der Waals surface area contributed by atoms with E-state index in [0.717, 1.165) is 5.56 Å². The Morgan fingerprint density at radius 3 is 2.75 bits per heavy atom. The van der Waals surface area contributed by atoms with E-state index in [2.05, 4.69) is 9.98 Å². The van der Waals surface area contributed by atoms with Crippen molar-refractivity contribution < 1.29 is 4.74 Å². The van der Waals surface area contributed by atoms with Crippen LogP contribution in [-0.2, 0) is 4.74 Å². The Kier molecular flexibility index (Phi) is 2.79. The van der Waals surface area contributed by atoms with Crippen molar-refractivity contribution in [3.8, 4) is 6.19 Å². The molecule has 0 spiro atoms. The lowest BCUT2D eigenvalue weighted by atomic mass is 10.3. The highest BCUT2D eigenvalue weighted by Gasteiger charge is 2.00. The normalized spacial score (nSPS) is 10.5. The van der Waals surface area contributed by atoms with Crippen molar-refractivity contribution in [3.05, 3.63) is 30.1 Å². The van der Waals surface area contributed by atoms with Gasteiger partial charge in [-0.3, -0.25) is 4.98 Å². The first kappa shape index (κ1) is 8.21. The fourth-order valence-corrected chi connectivity index (χ4v) is 0.768. The van der Waals surface area contributed by atoms with E-state index in [4.69, 9.17) is 10.00 Å². The first-order valence-electron chi connectivity index (χ1n) is 3.29. The molecule has 0 saturated heterocycles. The number of hydrogen-bond donors (Lipinski definition) is 0. The van der Waals surface area contributed by atoms with E-state index >= 15 is 0 Å². The van der Waals surface area contributed by atoms with Gasteiger partial charge in [0.2, 0.25) is 12.1 Å². The zero-order valence-electron chi connectivity index (χ0n) is 6.56. The first-order chi connectivity index (χ1) is 5.88. The molecule has 1 aromatic heterocycles. The molecule has 0 unspecified atom stereocenters. The maximum absolute atomic E-state index is 8.30. The molecule has 0 radical (unpaired) electrons. The molecule has 60 valence electrons. The molecule has 0 aliphatic rings. The Bertz CT molecular complexity index is 313. The molecular formula is C8H7N3O. The van der Waals surface area contributed by atoms with Crippen LogP contribution < -0.4 is 0 Å². The minimum atomic E-state index is 0.305. The lowest BCUT2D eigenvalue weighted by molar-refractivity contribution is 0.405. The molecule has 4 nitrogen and oxygen atoms in total. The molecule has 1 rings (SSSR count). The van der Waals surface area contributed by atoms with Gasteiger partial charge in [-0.15, -0.1) is 4.99 Å². The van der Waals surface area contributed by atoms with Crippen molar-refractivity contribution in [2.45, 2.75) is 0 Å². The quantitative estimate of drug-likeness (QED) is 0.350. The Hall–Kier alpha value is -1.89. The molecule has 0 aromatic carbocycles.